The third-order valence-electron chi connectivity index (χ3n) is 2.47. The van der Waals surface area contributed by atoms with E-state index in [1.807, 2.05) is 19.9 Å². The smallest absolute Gasteiger partial charge is 0.133 e. The van der Waals surface area contributed by atoms with Crippen molar-refractivity contribution in [1.29, 1.82) is 0 Å². The molecule has 0 aliphatic heterocycles. The molecule has 1 N–H and O–H groups in total. The van der Waals surface area contributed by atoms with Crippen molar-refractivity contribution in [2.24, 2.45) is 0 Å². The van der Waals surface area contributed by atoms with Gasteiger partial charge >= 0.3 is 0 Å². The average Bonchev–Trinajstić information content (AvgIpc) is 2.23. The minimum absolute atomic E-state index is 0.246. The summed E-state index contributed by atoms with van der Waals surface area (Å²) in [6.45, 7) is 9.14. The number of alkyl halides is 1. The van der Waals surface area contributed by atoms with Crippen LogP contribution in [0.15, 0.2) is 6.07 Å². The van der Waals surface area contributed by atoms with Crippen LogP contribution < -0.4 is 5.32 Å². The van der Waals surface area contributed by atoms with E-state index in [1.54, 1.807) is 0 Å². The van der Waals surface area contributed by atoms with Gasteiger partial charge in [-0.25, -0.2) is 9.97 Å². The number of aromatic nitrogens is 2. The first-order valence-corrected chi connectivity index (χ1v) is 6.66. The number of anilines is 1. The van der Waals surface area contributed by atoms with E-state index in [9.17, 15) is 0 Å². The Labute approximate surface area is 109 Å². The lowest BCUT2D eigenvalue weighted by Crippen LogP contribution is -2.08. The lowest BCUT2D eigenvalue weighted by Gasteiger charge is -2.10. The van der Waals surface area contributed by atoms with Crippen molar-refractivity contribution in [3.05, 3.63) is 17.6 Å². The molecule has 1 heterocycles. The molecule has 0 radical (unpaired) electrons. The number of aryl methyl sites for hydroxylation is 1. The van der Waals surface area contributed by atoms with Gasteiger partial charge in [0.05, 0.1) is 0 Å². The van der Waals surface area contributed by atoms with Crippen molar-refractivity contribution in [1.82, 2.24) is 9.97 Å². The fraction of sp³-hybridized carbons (Fsp3) is 0.692. The van der Waals surface area contributed by atoms with Crippen LogP contribution in [0, 0.1) is 6.92 Å². The normalized spacial score (nSPS) is 12.8. The number of nitrogens with one attached hydrogen (secondary N) is 1. The van der Waals surface area contributed by atoms with E-state index in [2.05, 4.69) is 29.1 Å². The molecule has 0 spiro atoms. The maximum Gasteiger partial charge on any atom is 0.133 e. The van der Waals surface area contributed by atoms with E-state index in [0.29, 0.717) is 5.92 Å². The van der Waals surface area contributed by atoms with Crippen molar-refractivity contribution in [2.45, 2.75) is 51.8 Å². The van der Waals surface area contributed by atoms with Crippen LogP contribution in [0.25, 0.3) is 0 Å². The number of hydrogen-bond acceptors (Lipinski definition) is 3. The predicted molar refractivity (Wildman–Crippen MR) is 73.9 cm³/mol. The average molecular weight is 256 g/mol. The Morgan fingerprint density at radius 3 is 2.59 bits per heavy atom. The van der Waals surface area contributed by atoms with Crippen LogP contribution in [0.1, 0.15) is 51.0 Å². The minimum atomic E-state index is 0.246. The Morgan fingerprint density at radius 1 is 1.29 bits per heavy atom. The van der Waals surface area contributed by atoms with Gasteiger partial charge in [-0.1, -0.05) is 13.8 Å². The maximum atomic E-state index is 5.90. The molecule has 1 atom stereocenters. The zero-order valence-corrected chi connectivity index (χ0v) is 11.9. The van der Waals surface area contributed by atoms with Crippen molar-refractivity contribution >= 4 is 17.4 Å². The standard InChI is InChI=1S/C13H22ClN3/c1-9(2)13-16-11(4)8-12(17-13)15-7-5-6-10(3)14/h8-10H,5-7H2,1-4H3,(H,15,16,17). The Balaban J connectivity index is 2.53. The zero-order chi connectivity index (χ0) is 12.8. The summed E-state index contributed by atoms with van der Waals surface area (Å²) in [5.41, 5.74) is 1.01. The molecule has 4 heteroatoms. The summed E-state index contributed by atoms with van der Waals surface area (Å²) in [5, 5.41) is 3.57. The van der Waals surface area contributed by atoms with E-state index >= 15 is 0 Å². The monoisotopic (exact) mass is 255 g/mol. The minimum Gasteiger partial charge on any atom is -0.370 e. The van der Waals surface area contributed by atoms with Gasteiger partial charge < -0.3 is 5.32 Å². The molecule has 0 aliphatic rings. The summed E-state index contributed by atoms with van der Waals surface area (Å²) in [7, 11) is 0. The number of nitrogens with zero attached hydrogens (tertiary/aromatic N) is 2. The molecule has 1 rings (SSSR count). The summed E-state index contributed by atoms with van der Waals surface area (Å²) >= 11 is 5.90. The molecular formula is C13H22ClN3. The molecule has 0 aliphatic carbocycles. The predicted octanol–water partition coefficient (Wildman–Crippen LogP) is 3.73. The van der Waals surface area contributed by atoms with Crippen molar-refractivity contribution in [3.8, 4) is 0 Å². The van der Waals surface area contributed by atoms with Crippen molar-refractivity contribution in [2.75, 3.05) is 11.9 Å². The Morgan fingerprint density at radius 2 is 2.00 bits per heavy atom. The van der Waals surface area contributed by atoms with Gasteiger partial charge in [-0.3, -0.25) is 0 Å². The molecule has 3 nitrogen and oxygen atoms in total. The molecule has 0 amide bonds. The van der Waals surface area contributed by atoms with E-state index in [1.165, 1.54) is 0 Å². The largest absolute Gasteiger partial charge is 0.370 e. The van der Waals surface area contributed by atoms with Gasteiger partial charge in [0.1, 0.15) is 11.6 Å². The Bertz CT molecular complexity index is 351. The van der Waals surface area contributed by atoms with Crippen LogP contribution in [0.4, 0.5) is 5.82 Å². The molecule has 0 aromatic carbocycles. The lowest BCUT2D eigenvalue weighted by molar-refractivity contribution is 0.740. The van der Waals surface area contributed by atoms with E-state index in [4.69, 9.17) is 11.6 Å². The van der Waals surface area contributed by atoms with Crippen LogP contribution in [0.5, 0.6) is 0 Å². The van der Waals surface area contributed by atoms with Crippen molar-refractivity contribution < 1.29 is 0 Å². The van der Waals surface area contributed by atoms with Gasteiger partial charge in [0.2, 0.25) is 0 Å². The van der Waals surface area contributed by atoms with Crippen molar-refractivity contribution in [3.63, 3.8) is 0 Å². The quantitative estimate of drug-likeness (QED) is 0.622. The third kappa shape index (κ3) is 5.35. The van der Waals surface area contributed by atoms with Gasteiger partial charge in [0.25, 0.3) is 0 Å². The fourth-order valence-corrected chi connectivity index (χ4v) is 1.69. The van der Waals surface area contributed by atoms with Crippen LogP contribution in [-0.4, -0.2) is 21.9 Å². The maximum absolute atomic E-state index is 5.90. The summed E-state index contributed by atoms with van der Waals surface area (Å²) in [6.07, 6.45) is 2.08. The second kappa shape index (κ2) is 6.80. The molecule has 1 aromatic rings. The second-order valence-electron chi connectivity index (χ2n) is 4.76. The molecule has 1 aromatic heterocycles. The number of halogens is 1. The molecular weight excluding hydrogens is 234 g/mol. The number of hydrogen-bond donors (Lipinski definition) is 1. The highest BCUT2D eigenvalue weighted by Gasteiger charge is 2.05. The first-order valence-electron chi connectivity index (χ1n) is 6.22. The van der Waals surface area contributed by atoms with Crippen LogP contribution in [-0.2, 0) is 0 Å². The van der Waals surface area contributed by atoms with E-state index in [-0.39, 0.29) is 5.38 Å². The molecule has 0 bridgehead atoms. The van der Waals surface area contributed by atoms with Gasteiger partial charge in [0, 0.05) is 29.6 Å². The summed E-state index contributed by atoms with van der Waals surface area (Å²) in [4.78, 5) is 8.91. The third-order valence-corrected chi connectivity index (χ3v) is 2.69. The van der Waals surface area contributed by atoms with Gasteiger partial charge in [-0.15, -0.1) is 11.6 Å². The first kappa shape index (κ1) is 14.2. The van der Waals surface area contributed by atoms with Gasteiger partial charge in [0.15, 0.2) is 0 Å². The van der Waals surface area contributed by atoms with E-state index < -0.39 is 0 Å². The van der Waals surface area contributed by atoms with E-state index in [0.717, 1.165) is 36.7 Å². The molecule has 17 heavy (non-hydrogen) atoms. The SMILES string of the molecule is Cc1cc(NCCCC(C)Cl)nc(C(C)C)n1. The van der Waals surface area contributed by atoms with Gasteiger partial charge in [-0.05, 0) is 26.7 Å². The highest BCUT2D eigenvalue weighted by molar-refractivity contribution is 6.20. The van der Waals surface area contributed by atoms with Crippen LogP contribution in [0.2, 0.25) is 0 Å². The van der Waals surface area contributed by atoms with Gasteiger partial charge in [-0.2, -0.15) is 0 Å². The number of rotatable bonds is 6. The summed E-state index contributed by atoms with van der Waals surface area (Å²) in [6, 6.07) is 1.98. The highest BCUT2D eigenvalue weighted by Crippen LogP contribution is 2.13. The molecule has 1 unspecified atom stereocenters. The molecule has 0 saturated heterocycles. The van der Waals surface area contributed by atoms with Crippen LogP contribution >= 0.6 is 11.6 Å². The Kier molecular flexibility index (Phi) is 5.69. The topological polar surface area (TPSA) is 37.8 Å². The van der Waals surface area contributed by atoms with Crippen LogP contribution in [0.3, 0.4) is 0 Å². The molecule has 0 fully saturated rings. The first-order chi connectivity index (χ1) is 7.99. The Hall–Kier alpha value is -0.830. The lowest BCUT2D eigenvalue weighted by atomic mass is 10.2. The summed E-state index contributed by atoms with van der Waals surface area (Å²) < 4.78 is 0. The summed E-state index contributed by atoms with van der Waals surface area (Å²) in [5.74, 6) is 2.18. The molecule has 96 valence electrons. The second-order valence-corrected chi connectivity index (χ2v) is 5.50. The highest BCUT2D eigenvalue weighted by atomic mass is 35.5. The zero-order valence-electron chi connectivity index (χ0n) is 11.1. The fourth-order valence-electron chi connectivity index (χ4n) is 1.54. The molecule has 0 saturated carbocycles.